The van der Waals surface area contributed by atoms with Gasteiger partial charge in [-0.3, -0.25) is 4.79 Å². The molecule has 1 aromatic rings. The first-order valence-electron chi connectivity index (χ1n) is 5.12. The molecule has 1 rings (SSSR count). The second kappa shape index (κ2) is 4.24. The van der Waals surface area contributed by atoms with Crippen LogP contribution in [-0.2, 0) is 16.9 Å². The van der Waals surface area contributed by atoms with Crippen LogP contribution in [0.3, 0.4) is 0 Å². The largest absolute Gasteiger partial charge is 0.477 e. The van der Waals surface area contributed by atoms with Crippen LogP contribution in [0.15, 0.2) is 12.3 Å². The van der Waals surface area contributed by atoms with Crippen LogP contribution >= 0.6 is 0 Å². The Morgan fingerprint density at radius 1 is 1.33 bits per heavy atom. The summed E-state index contributed by atoms with van der Waals surface area (Å²) in [7, 11) is -2.10. The lowest BCUT2D eigenvalue weighted by Crippen LogP contribution is -2.39. The maximum absolute atomic E-state index is 12.1. The Morgan fingerprint density at radius 3 is 2.17 bits per heavy atom. The molecule has 100 valence electrons. The van der Waals surface area contributed by atoms with Crippen LogP contribution in [0.1, 0.15) is 34.7 Å². The zero-order chi connectivity index (χ0) is 14.3. The third kappa shape index (κ3) is 2.31. The number of hydrogen-bond acceptors (Lipinski definition) is 4. The SMILES string of the molecule is Cn1cc(C(=O)C(C)(C)S(C)(=O)=O)cc1C(=O)O. The molecule has 0 aliphatic rings. The van der Waals surface area contributed by atoms with Gasteiger partial charge in [-0.05, 0) is 19.9 Å². The van der Waals surface area contributed by atoms with Gasteiger partial charge in [0.05, 0.1) is 0 Å². The second-order valence-electron chi connectivity index (χ2n) is 4.64. The number of carbonyl (C=O) groups is 2. The van der Waals surface area contributed by atoms with E-state index in [2.05, 4.69) is 0 Å². The van der Waals surface area contributed by atoms with Gasteiger partial charge in [-0.15, -0.1) is 0 Å². The number of ketones is 1. The number of carbonyl (C=O) groups excluding carboxylic acids is 1. The Balaban J connectivity index is 3.29. The van der Waals surface area contributed by atoms with Gasteiger partial charge in [-0.1, -0.05) is 0 Å². The molecule has 1 heterocycles. The molecule has 0 unspecified atom stereocenters. The fraction of sp³-hybridized carbons (Fsp3) is 0.455. The van der Waals surface area contributed by atoms with Crippen LogP contribution in [0.2, 0.25) is 0 Å². The molecule has 1 N–H and O–H groups in total. The molecule has 0 radical (unpaired) electrons. The van der Waals surface area contributed by atoms with E-state index in [1.807, 2.05) is 0 Å². The molecule has 0 aromatic carbocycles. The Bertz CT molecular complexity index is 609. The molecule has 0 aliphatic heterocycles. The lowest BCUT2D eigenvalue weighted by molar-refractivity contribution is 0.0686. The summed E-state index contributed by atoms with van der Waals surface area (Å²) in [5.74, 6) is -1.79. The molecule has 0 fully saturated rings. The van der Waals surface area contributed by atoms with Crippen molar-refractivity contribution in [2.45, 2.75) is 18.6 Å². The van der Waals surface area contributed by atoms with Gasteiger partial charge >= 0.3 is 5.97 Å². The molecule has 0 atom stereocenters. The van der Waals surface area contributed by atoms with Crippen molar-refractivity contribution in [3.05, 3.63) is 23.5 Å². The van der Waals surface area contributed by atoms with E-state index in [-0.39, 0.29) is 11.3 Å². The second-order valence-corrected chi connectivity index (χ2v) is 7.21. The van der Waals surface area contributed by atoms with Gasteiger partial charge in [-0.25, -0.2) is 13.2 Å². The molecule has 6 nitrogen and oxygen atoms in total. The van der Waals surface area contributed by atoms with Crippen molar-refractivity contribution in [1.82, 2.24) is 4.57 Å². The van der Waals surface area contributed by atoms with Gasteiger partial charge in [0, 0.05) is 25.1 Å². The first kappa shape index (κ1) is 14.4. The lowest BCUT2D eigenvalue weighted by Gasteiger charge is -2.19. The summed E-state index contributed by atoms with van der Waals surface area (Å²) in [6.07, 6.45) is 2.30. The minimum Gasteiger partial charge on any atom is -0.477 e. The number of carboxylic acid groups (broad SMARTS) is 1. The predicted molar refractivity (Wildman–Crippen MR) is 65.6 cm³/mol. The zero-order valence-corrected chi connectivity index (χ0v) is 11.4. The summed E-state index contributed by atoms with van der Waals surface area (Å²) in [4.78, 5) is 23.0. The Hall–Kier alpha value is -1.63. The topological polar surface area (TPSA) is 93.4 Å². The van der Waals surface area contributed by atoms with E-state index in [0.717, 1.165) is 6.26 Å². The van der Waals surface area contributed by atoms with Gasteiger partial charge in [0.25, 0.3) is 0 Å². The molecular formula is C11H15NO5S. The minimum absolute atomic E-state index is 0.0670. The van der Waals surface area contributed by atoms with Crippen LogP contribution in [0.25, 0.3) is 0 Å². The number of nitrogens with zero attached hydrogens (tertiary/aromatic N) is 1. The normalized spacial score (nSPS) is 12.4. The third-order valence-electron chi connectivity index (χ3n) is 2.96. The first-order chi connectivity index (χ1) is 7.98. The van der Waals surface area contributed by atoms with E-state index in [9.17, 15) is 18.0 Å². The number of aromatic carboxylic acids is 1. The molecule has 1 aromatic heterocycles. The fourth-order valence-electron chi connectivity index (χ4n) is 1.42. The van der Waals surface area contributed by atoms with Gasteiger partial charge in [0.1, 0.15) is 10.4 Å². The Morgan fingerprint density at radius 2 is 1.83 bits per heavy atom. The molecule has 0 bridgehead atoms. The highest BCUT2D eigenvalue weighted by Crippen LogP contribution is 2.22. The predicted octanol–water partition coefficient (Wildman–Crippen LogP) is 0.729. The average molecular weight is 273 g/mol. The van der Waals surface area contributed by atoms with Crippen LogP contribution in [0, 0.1) is 0 Å². The maximum atomic E-state index is 12.1. The van der Waals surface area contributed by atoms with Crippen molar-refractivity contribution in [2.24, 2.45) is 7.05 Å². The highest BCUT2D eigenvalue weighted by Gasteiger charge is 2.39. The number of carboxylic acids is 1. The highest BCUT2D eigenvalue weighted by atomic mass is 32.2. The minimum atomic E-state index is -3.58. The zero-order valence-electron chi connectivity index (χ0n) is 10.6. The number of aromatic nitrogens is 1. The van der Waals surface area contributed by atoms with Crippen molar-refractivity contribution in [2.75, 3.05) is 6.26 Å². The van der Waals surface area contributed by atoms with Crippen molar-refractivity contribution in [1.29, 1.82) is 0 Å². The van der Waals surface area contributed by atoms with E-state index in [1.165, 1.54) is 37.7 Å². The summed E-state index contributed by atoms with van der Waals surface area (Å²) in [6.45, 7) is 2.61. The third-order valence-corrected chi connectivity index (χ3v) is 5.00. The van der Waals surface area contributed by atoms with E-state index in [4.69, 9.17) is 5.11 Å². The standard InChI is InChI=1S/C11H15NO5S/c1-11(2,18(4,16)17)9(13)7-5-8(10(14)15)12(3)6-7/h5-6H,1-4H3,(H,14,15). The fourth-order valence-corrected chi connectivity index (χ4v) is 1.87. The number of aryl methyl sites for hydroxylation is 1. The molecule has 7 heteroatoms. The molecule has 0 spiro atoms. The number of sulfone groups is 1. The van der Waals surface area contributed by atoms with Gasteiger partial charge in [0.2, 0.25) is 0 Å². The maximum Gasteiger partial charge on any atom is 0.352 e. The van der Waals surface area contributed by atoms with E-state index < -0.39 is 26.3 Å². The van der Waals surface area contributed by atoms with Gasteiger partial charge in [-0.2, -0.15) is 0 Å². The highest BCUT2D eigenvalue weighted by molar-refractivity contribution is 7.92. The molecule has 0 amide bonds. The smallest absolute Gasteiger partial charge is 0.352 e. The van der Waals surface area contributed by atoms with Crippen LogP contribution < -0.4 is 0 Å². The van der Waals surface area contributed by atoms with Crippen molar-refractivity contribution >= 4 is 21.6 Å². The molecule has 0 aliphatic carbocycles. The summed E-state index contributed by atoms with van der Waals surface area (Å²) >= 11 is 0. The summed E-state index contributed by atoms with van der Waals surface area (Å²) < 4.78 is 22.8. The van der Waals surface area contributed by atoms with Gasteiger partial charge < -0.3 is 9.67 Å². The van der Waals surface area contributed by atoms with Crippen molar-refractivity contribution < 1.29 is 23.1 Å². The number of Topliss-reactive ketones (excluding diaryl/α,β-unsaturated/α-hetero) is 1. The monoisotopic (exact) mass is 273 g/mol. The van der Waals surface area contributed by atoms with E-state index in [0.29, 0.717) is 0 Å². The Kier molecular flexibility index (Phi) is 3.40. The molecule has 0 saturated heterocycles. The lowest BCUT2D eigenvalue weighted by atomic mass is 10.0. The summed E-state index contributed by atoms with van der Waals surface area (Å²) in [5, 5.41) is 8.87. The molecule has 18 heavy (non-hydrogen) atoms. The number of hydrogen-bond donors (Lipinski definition) is 1. The first-order valence-corrected chi connectivity index (χ1v) is 7.01. The van der Waals surface area contributed by atoms with Crippen LogP contribution in [0.5, 0.6) is 0 Å². The van der Waals surface area contributed by atoms with Crippen molar-refractivity contribution in [3.8, 4) is 0 Å². The van der Waals surface area contributed by atoms with Crippen LogP contribution in [0.4, 0.5) is 0 Å². The van der Waals surface area contributed by atoms with E-state index in [1.54, 1.807) is 0 Å². The Labute approximate surface area is 105 Å². The summed E-state index contributed by atoms with van der Waals surface area (Å²) in [6, 6.07) is 1.18. The van der Waals surface area contributed by atoms with Crippen molar-refractivity contribution in [3.63, 3.8) is 0 Å². The molecule has 0 saturated carbocycles. The quantitative estimate of drug-likeness (QED) is 0.816. The summed E-state index contributed by atoms with van der Waals surface area (Å²) in [5.41, 5.74) is 0.00739. The average Bonchev–Trinajstić information content (AvgIpc) is 2.57. The molecular weight excluding hydrogens is 258 g/mol. The van der Waals surface area contributed by atoms with Gasteiger partial charge in [0.15, 0.2) is 15.6 Å². The number of rotatable bonds is 4. The van der Waals surface area contributed by atoms with Crippen LogP contribution in [-0.4, -0.2) is 40.8 Å². The van der Waals surface area contributed by atoms with E-state index >= 15 is 0 Å².